The van der Waals surface area contributed by atoms with Crippen molar-refractivity contribution < 1.29 is 4.74 Å². The molecule has 0 spiro atoms. The van der Waals surface area contributed by atoms with E-state index in [9.17, 15) is 0 Å². The molecule has 21 heavy (non-hydrogen) atoms. The van der Waals surface area contributed by atoms with E-state index in [1.807, 2.05) is 36.4 Å². The maximum Gasteiger partial charge on any atom is 0.145 e. The fourth-order valence-electron chi connectivity index (χ4n) is 2.04. The fourth-order valence-corrected chi connectivity index (χ4v) is 2.39. The first-order valence-electron chi connectivity index (χ1n) is 6.26. The van der Waals surface area contributed by atoms with Gasteiger partial charge in [0.15, 0.2) is 0 Å². The number of ether oxygens (including phenoxy) is 1. The van der Waals surface area contributed by atoms with E-state index in [1.165, 1.54) is 0 Å². The minimum absolute atomic E-state index is 0.262. The summed E-state index contributed by atoms with van der Waals surface area (Å²) in [5.41, 5.74) is 6.09. The average molecular weight is 315 g/mol. The second kappa shape index (κ2) is 5.68. The van der Waals surface area contributed by atoms with Crippen LogP contribution in [0, 0.1) is 0 Å². The second-order valence-corrected chi connectivity index (χ2v) is 5.28. The van der Waals surface area contributed by atoms with E-state index >= 15 is 0 Å². The third kappa shape index (κ3) is 2.82. The zero-order valence-corrected chi connectivity index (χ0v) is 12.5. The van der Waals surface area contributed by atoms with Crippen LogP contribution >= 0.6 is 23.8 Å². The zero-order chi connectivity index (χ0) is 14.8. The van der Waals surface area contributed by atoms with Crippen LogP contribution in [-0.2, 0) is 0 Å². The Morgan fingerprint density at radius 3 is 2.48 bits per heavy atom. The Morgan fingerprint density at radius 2 is 1.81 bits per heavy atom. The summed E-state index contributed by atoms with van der Waals surface area (Å²) in [6, 6.07) is 15.0. The molecule has 0 atom stereocenters. The van der Waals surface area contributed by atoms with Crippen LogP contribution in [-0.4, -0.2) is 9.97 Å². The molecule has 104 valence electrons. The molecule has 2 aromatic carbocycles. The highest BCUT2D eigenvalue weighted by Crippen LogP contribution is 2.33. The lowest BCUT2D eigenvalue weighted by Gasteiger charge is -2.10. The minimum Gasteiger partial charge on any atom is -0.455 e. The van der Waals surface area contributed by atoms with Gasteiger partial charge in [0, 0.05) is 15.8 Å². The van der Waals surface area contributed by atoms with E-state index < -0.39 is 0 Å². The SMILES string of the molecule is NC(=S)c1ccc(Oc2ccc(Cl)c3ccccc23)cn1. The summed E-state index contributed by atoms with van der Waals surface area (Å²) in [5.74, 6) is 1.34. The molecular weight excluding hydrogens is 304 g/mol. The van der Waals surface area contributed by atoms with Gasteiger partial charge in [-0.05, 0) is 24.3 Å². The molecule has 1 aromatic heterocycles. The number of hydrogen-bond donors (Lipinski definition) is 1. The van der Waals surface area contributed by atoms with Gasteiger partial charge in [-0.3, -0.25) is 0 Å². The van der Waals surface area contributed by atoms with Crippen LogP contribution in [0.25, 0.3) is 10.8 Å². The van der Waals surface area contributed by atoms with E-state index in [0.29, 0.717) is 16.5 Å². The van der Waals surface area contributed by atoms with Gasteiger partial charge in [0.25, 0.3) is 0 Å². The number of thiocarbonyl (C=S) groups is 1. The molecule has 2 N–H and O–H groups in total. The Hall–Kier alpha value is -2.17. The molecule has 0 bridgehead atoms. The number of aromatic nitrogens is 1. The Labute approximate surface area is 132 Å². The average Bonchev–Trinajstić information content (AvgIpc) is 2.51. The number of nitrogens with two attached hydrogens (primary N) is 1. The quantitative estimate of drug-likeness (QED) is 0.732. The van der Waals surface area contributed by atoms with Crippen molar-refractivity contribution in [3.05, 3.63) is 65.4 Å². The molecule has 0 aliphatic carbocycles. The molecule has 3 aromatic rings. The van der Waals surface area contributed by atoms with Crippen molar-refractivity contribution in [3.8, 4) is 11.5 Å². The van der Waals surface area contributed by atoms with Gasteiger partial charge in [-0.2, -0.15) is 0 Å². The van der Waals surface area contributed by atoms with Crippen LogP contribution in [0.3, 0.4) is 0 Å². The number of pyridine rings is 1. The van der Waals surface area contributed by atoms with Gasteiger partial charge >= 0.3 is 0 Å². The van der Waals surface area contributed by atoms with Crippen molar-refractivity contribution in [3.63, 3.8) is 0 Å². The summed E-state index contributed by atoms with van der Waals surface area (Å²) >= 11 is 11.1. The third-order valence-corrected chi connectivity index (χ3v) is 3.59. The zero-order valence-electron chi connectivity index (χ0n) is 10.9. The van der Waals surface area contributed by atoms with Crippen LogP contribution < -0.4 is 10.5 Å². The van der Waals surface area contributed by atoms with Crippen LogP contribution in [0.4, 0.5) is 0 Å². The summed E-state index contributed by atoms with van der Waals surface area (Å²) < 4.78 is 5.88. The maximum atomic E-state index is 6.19. The fraction of sp³-hybridized carbons (Fsp3) is 0. The standard InChI is InChI=1S/C16H11ClN2OS/c17-13-6-8-15(12-4-2-1-3-11(12)13)20-10-5-7-14(16(18)21)19-9-10/h1-9H,(H2,18,21). The smallest absolute Gasteiger partial charge is 0.145 e. The molecule has 0 saturated heterocycles. The van der Waals surface area contributed by atoms with Crippen molar-refractivity contribution in [2.75, 3.05) is 0 Å². The third-order valence-electron chi connectivity index (χ3n) is 3.05. The maximum absolute atomic E-state index is 6.19. The van der Waals surface area contributed by atoms with E-state index in [1.54, 1.807) is 18.3 Å². The predicted octanol–water partition coefficient (Wildman–Crippen LogP) is 4.31. The number of hydrogen-bond acceptors (Lipinski definition) is 3. The number of rotatable bonds is 3. The van der Waals surface area contributed by atoms with Crippen molar-refractivity contribution in [1.82, 2.24) is 4.98 Å². The molecule has 0 unspecified atom stereocenters. The van der Waals surface area contributed by atoms with E-state index in [-0.39, 0.29) is 4.99 Å². The molecule has 0 radical (unpaired) electrons. The second-order valence-electron chi connectivity index (χ2n) is 4.44. The summed E-state index contributed by atoms with van der Waals surface area (Å²) in [6.07, 6.45) is 1.60. The van der Waals surface area contributed by atoms with Crippen molar-refractivity contribution in [2.24, 2.45) is 5.73 Å². The normalized spacial score (nSPS) is 10.5. The molecule has 5 heteroatoms. The largest absolute Gasteiger partial charge is 0.455 e. The molecule has 3 nitrogen and oxygen atoms in total. The van der Waals surface area contributed by atoms with Gasteiger partial charge in [0.2, 0.25) is 0 Å². The lowest BCUT2D eigenvalue weighted by atomic mass is 10.1. The lowest BCUT2D eigenvalue weighted by Crippen LogP contribution is -2.10. The minimum atomic E-state index is 0.262. The van der Waals surface area contributed by atoms with Crippen molar-refractivity contribution in [2.45, 2.75) is 0 Å². The topological polar surface area (TPSA) is 48.1 Å². The molecule has 3 rings (SSSR count). The first kappa shape index (κ1) is 13.8. The van der Waals surface area contributed by atoms with Crippen LogP contribution in [0.2, 0.25) is 5.02 Å². The molecule has 0 saturated carbocycles. The highest BCUT2D eigenvalue weighted by atomic mass is 35.5. The Balaban J connectivity index is 1.98. The number of fused-ring (bicyclic) bond motifs is 1. The lowest BCUT2D eigenvalue weighted by molar-refractivity contribution is 0.486. The summed E-state index contributed by atoms with van der Waals surface area (Å²) in [7, 11) is 0. The van der Waals surface area contributed by atoms with Crippen LogP contribution in [0.5, 0.6) is 11.5 Å². The number of halogens is 1. The predicted molar refractivity (Wildman–Crippen MR) is 89.2 cm³/mol. The van der Waals surface area contributed by atoms with Crippen molar-refractivity contribution in [1.29, 1.82) is 0 Å². The van der Waals surface area contributed by atoms with Gasteiger partial charge in [0.05, 0.1) is 11.9 Å². The molecule has 0 amide bonds. The number of nitrogens with zero attached hydrogens (tertiary/aromatic N) is 1. The highest BCUT2D eigenvalue weighted by Gasteiger charge is 2.07. The first-order chi connectivity index (χ1) is 10.1. The van der Waals surface area contributed by atoms with Gasteiger partial charge in [-0.1, -0.05) is 48.1 Å². The summed E-state index contributed by atoms with van der Waals surface area (Å²) in [6.45, 7) is 0. The van der Waals surface area contributed by atoms with E-state index in [0.717, 1.165) is 16.5 Å². The van der Waals surface area contributed by atoms with Gasteiger partial charge in [-0.25, -0.2) is 4.98 Å². The highest BCUT2D eigenvalue weighted by molar-refractivity contribution is 7.80. The Kier molecular flexibility index (Phi) is 3.73. The number of benzene rings is 2. The van der Waals surface area contributed by atoms with Gasteiger partial charge in [-0.15, -0.1) is 0 Å². The summed E-state index contributed by atoms with van der Waals surface area (Å²) in [5, 5.41) is 2.59. The molecule has 0 aliphatic heterocycles. The van der Waals surface area contributed by atoms with Crippen LogP contribution in [0.15, 0.2) is 54.7 Å². The van der Waals surface area contributed by atoms with E-state index in [4.69, 9.17) is 34.3 Å². The molecule has 1 heterocycles. The van der Waals surface area contributed by atoms with Crippen molar-refractivity contribution >= 4 is 39.6 Å². The first-order valence-corrected chi connectivity index (χ1v) is 7.05. The van der Waals surface area contributed by atoms with Gasteiger partial charge < -0.3 is 10.5 Å². The molecular formula is C16H11ClN2OS. The monoisotopic (exact) mass is 314 g/mol. The van der Waals surface area contributed by atoms with E-state index in [2.05, 4.69) is 4.98 Å². The molecule has 0 aliphatic rings. The Morgan fingerprint density at radius 1 is 1.05 bits per heavy atom. The Bertz CT molecular complexity index is 818. The summed E-state index contributed by atoms with van der Waals surface area (Å²) in [4.78, 5) is 4.42. The van der Waals surface area contributed by atoms with Crippen LogP contribution in [0.1, 0.15) is 5.69 Å². The molecule has 0 fully saturated rings. The van der Waals surface area contributed by atoms with Gasteiger partial charge in [0.1, 0.15) is 16.5 Å².